The zero-order valence-corrected chi connectivity index (χ0v) is 14.4. The topological polar surface area (TPSA) is 91.3 Å². The molecule has 7 nitrogen and oxygen atoms in total. The quantitative estimate of drug-likeness (QED) is 0.364. The lowest BCUT2D eigenvalue weighted by Gasteiger charge is -2.07. The summed E-state index contributed by atoms with van der Waals surface area (Å²) in [6, 6.07) is 13.7. The molecule has 1 unspecified atom stereocenters. The third kappa shape index (κ3) is 3.97. The maximum Gasteiger partial charge on any atom is 0.269 e. The van der Waals surface area contributed by atoms with Crippen LogP contribution in [0.1, 0.15) is 18.1 Å². The van der Waals surface area contributed by atoms with Crippen LogP contribution in [0.3, 0.4) is 0 Å². The summed E-state index contributed by atoms with van der Waals surface area (Å²) in [6.07, 6.45) is 0. The fourth-order valence-electron chi connectivity index (χ4n) is 2.15. The number of aromatic nitrogens is 2. The van der Waals surface area contributed by atoms with Gasteiger partial charge in [-0.15, -0.1) is 22.0 Å². The number of nitro benzene ring substituents is 1. The summed E-state index contributed by atoms with van der Waals surface area (Å²) in [5.74, 6) is 1.64. The molecule has 1 heterocycles. The Labute approximate surface area is 148 Å². The Hall–Kier alpha value is -2.87. The van der Waals surface area contributed by atoms with E-state index in [1.54, 1.807) is 31.0 Å². The van der Waals surface area contributed by atoms with Gasteiger partial charge in [-0.25, -0.2) is 0 Å². The van der Waals surface area contributed by atoms with Crippen molar-refractivity contribution in [3.63, 3.8) is 0 Å². The van der Waals surface area contributed by atoms with Crippen LogP contribution in [0.15, 0.2) is 57.8 Å². The van der Waals surface area contributed by atoms with Gasteiger partial charge in [0.15, 0.2) is 0 Å². The summed E-state index contributed by atoms with van der Waals surface area (Å²) < 4.78 is 10.9. The van der Waals surface area contributed by atoms with E-state index in [2.05, 4.69) is 10.2 Å². The number of non-ortho nitro benzene ring substituents is 1. The number of methoxy groups -OCH3 is 1. The highest BCUT2D eigenvalue weighted by Gasteiger charge is 2.17. The van der Waals surface area contributed by atoms with Crippen molar-refractivity contribution < 1.29 is 14.1 Å². The molecule has 8 heteroatoms. The SMILES string of the molecule is COc1ccc(SC(C)c2nnc(-c3ccc([N+](=O)[O-])cc3)o2)cc1. The van der Waals surface area contributed by atoms with Crippen LogP contribution in [-0.4, -0.2) is 22.2 Å². The summed E-state index contributed by atoms with van der Waals surface area (Å²) in [5.41, 5.74) is 0.665. The highest BCUT2D eigenvalue weighted by molar-refractivity contribution is 7.99. The molecule has 0 saturated heterocycles. The van der Waals surface area contributed by atoms with Gasteiger partial charge in [-0.2, -0.15) is 0 Å². The molecule has 0 aliphatic heterocycles. The van der Waals surface area contributed by atoms with Crippen molar-refractivity contribution in [3.8, 4) is 17.2 Å². The van der Waals surface area contributed by atoms with E-state index < -0.39 is 4.92 Å². The highest BCUT2D eigenvalue weighted by Crippen LogP contribution is 2.35. The minimum Gasteiger partial charge on any atom is -0.497 e. The number of nitro groups is 1. The second kappa shape index (κ2) is 7.35. The largest absolute Gasteiger partial charge is 0.497 e. The van der Waals surface area contributed by atoms with Crippen LogP contribution in [0, 0.1) is 10.1 Å². The first kappa shape index (κ1) is 17.0. The van der Waals surface area contributed by atoms with E-state index >= 15 is 0 Å². The summed E-state index contributed by atoms with van der Waals surface area (Å²) in [7, 11) is 1.63. The van der Waals surface area contributed by atoms with Crippen molar-refractivity contribution in [2.24, 2.45) is 0 Å². The fourth-order valence-corrected chi connectivity index (χ4v) is 3.05. The van der Waals surface area contributed by atoms with Gasteiger partial charge in [0.25, 0.3) is 5.69 Å². The second-order valence-electron chi connectivity index (χ2n) is 5.19. The first-order valence-corrected chi connectivity index (χ1v) is 8.33. The van der Waals surface area contributed by atoms with Crippen molar-refractivity contribution in [2.75, 3.05) is 7.11 Å². The molecular formula is C17H15N3O4S. The number of benzene rings is 2. The van der Waals surface area contributed by atoms with Crippen molar-refractivity contribution in [2.45, 2.75) is 17.1 Å². The van der Waals surface area contributed by atoms with Crippen LogP contribution in [0.5, 0.6) is 5.75 Å². The number of rotatable bonds is 6. The summed E-state index contributed by atoms with van der Waals surface area (Å²) in [6.45, 7) is 1.97. The van der Waals surface area contributed by atoms with Crippen LogP contribution < -0.4 is 4.74 Å². The Morgan fingerprint density at radius 1 is 1.12 bits per heavy atom. The fraction of sp³-hybridized carbons (Fsp3) is 0.176. The van der Waals surface area contributed by atoms with Crippen LogP contribution in [0.4, 0.5) is 5.69 Å². The molecule has 3 aromatic rings. The maximum absolute atomic E-state index is 10.7. The third-order valence-electron chi connectivity index (χ3n) is 3.49. The normalized spacial score (nSPS) is 11.9. The standard InChI is InChI=1S/C17H15N3O4S/c1-11(25-15-9-7-14(23-2)8-10-15)16-18-19-17(24-16)12-3-5-13(6-4-12)20(21)22/h3-11H,1-2H3. The van der Waals surface area contributed by atoms with Gasteiger partial charge in [0.05, 0.1) is 17.3 Å². The Morgan fingerprint density at radius 3 is 2.40 bits per heavy atom. The molecule has 0 bridgehead atoms. The minimum atomic E-state index is -0.448. The molecule has 128 valence electrons. The number of hydrogen-bond donors (Lipinski definition) is 0. The average Bonchev–Trinajstić information content (AvgIpc) is 3.13. The third-order valence-corrected chi connectivity index (χ3v) is 4.59. The Kier molecular flexibility index (Phi) is 4.99. The molecule has 0 aliphatic carbocycles. The number of ether oxygens (including phenoxy) is 1. The van der Waals surface area contributed by atoms with Gasteiger partial charge in [0.1, 0.15) is 5.75 Å². The minimum absolute atomic E-state index is 0.0203. The number of hydrogen-bond acceptors (Lipinski definition) is 7. The molecule has 1 atom stereocenters. The van der Waals surface area contributed by atoms with Gasteiger partial charge in [-0.1, -0.05) is 0 Å². The van der Waals surface area contributed by atoms with Crippen molar-refractivity contribution >= 4 is 17.4 Å². The molecule has 2 aromatic carbocycles. The molecular weight excluding hydrogens is 342 g/mol. The van der Waals surface area contributed by atoms with Gasteiger partial charge in [-0.3, -0.25) is 10.1 Å². The lowest BCUT2D eigenvalue weighted by molar-refractivity contribution is -0.384. The van der Waals surface area contributed by atoms with E-state index in [9.17, 15) is 10.1 Å². The Bertz CT molecular complexity index is 862. The molecule has 0 radical (unpaired) electrons. The predicted octanol–water partition coefficient (Wildman–Crippen LogP) is 4.51. The lowest BCUT2D eigenvalue weighted by Crippen LogP contribution is -1.89. The zero-order valence-electron chi connectivity index (χ0n) is 13.6. The zero-order chi connectivity index (χ0) is 17.8. The van der Waals surface area contributed by atoms with Crippen molar-refractivity contribution in [1.29, 1.82) is 0 Å². The van der Waals surface area contributed by atoms with E-state index in [0.29, 0.717) is 17.3 Å². The molecule has 0 fully saturated rings. The van der Waals surface area contributed by atoms with E-state index in [4.69, 9.17) is 9.15 Å². The molecule has 0 N–H and O–H groups in total. The molecule has 0 aliphatic rings. The van der Waals surface area contributed by atoms with E-state index in [1.807, 2.05) is 31.2 Å². The molecule has 3 rings (SSSR count). The molecule has 25 heavy (non-hydrogen) atoms. The van der Waals surface area contributed by atoms with Crippen molar-refractivity contribution in [1.82, 2.24) is 10.2 Å². The van der Waals surface area contributed by atoms with E-state index in [0.717, 1.165) is 10.6 Å². The maximum atomic E-state index is 10.7. The monoisotopic (exact) mass is 357 g/mol. The van der Waals surface area contributed by atoms with E-state index in [1.165, 1.54) is 12.1 Å². The highest BCUT2D eigenvalue weighted by atomic mass is 32.2. The predicted molar refractivity (Wildman–Crippen MR) is 93.7 cm³/mol. The van der Waals surface area contributed by atoms with Gasteiger partial charge < -0.3 is 9.15 Å². The number of nitrogens with zero attached hydrogens (tertiary/aromatic N) is 3. The van der Waals surface area contributed by atoms with E-state index in [-0.39, 0.29) is 10.9 Å². The van der Waals surface area contributed by atoms with Gasteiger partial charge >= 0.3 is 0 Å². The summed E-state index contributed by atoms with van der Waals surface area (Å²) in [5, 5.41) is 18.8. The Balaban J connectivity index is 1.72. The average molecular weight is 357 g/mol. The first-order valence-electron chi connectivity index (χ1n) is 7.46. The summed E-state index contributed by atoms with van der Waals surface area (Å²) in [4.78, 5) is 11.3. The van der Waals surface area contributed by atoms with Gasteiger partial charge in [0, 0.05) is 22.6 Å². The van der Waals surface area contributed by atoms with Gasteiger partial charge in [-0.05, 0) is 43.3 Å². The molecule has 0 amide bonds. The lowest BCUT2D eigenvalue weighted by atomic mass is 10.2. The Morgan fingerprint density at radius 2 is 1.80 bits per heavy atom. The van der Waals surface area contributed by atoms with Crippen LogP contribution in [-0.2, 0) is 0 Å². The van der Waals surface area contributed by atoms with Crippen LogP contribution in [0.2, 0.25) is 0 Å². The van der Waals surface area contributed by atoms with Crippen LogP contribution in [0.25, 0.3) is 11.5 Å². The first-order chi connectivity index (χ1) is 12.1. The smallest absolute Gasteiger partial charge is 0.269 e. The number of thioether (sulfide) groups is 1. The van der Waals surface area contributed by atoms with Crippen LogP contribution >= 0.6 is 11.8 Å². The molecule has 0 spiro atoms. The molecule has 0 saturated carbocycles. The van der Waals surface area contributed by atoms with Gasteiger partial charge in [0.2, 0.25) is 11.8 Å². The second-order valence-corrected chi connectivity index (χ2v) is 6.60. The summed E-state index contributed by atoms with van der Waals surface area (Å²) >= 11 is 1.59. The van der Waals surface area contributed by atoms with Crippen molar-refractivity contribution in [3.05, 3.63) is 64.5 Å². The molecule has 1 aromatic heterocycles.